The van der Waals surface area contributed by atoms with E-state index in [0.29, 0.717) is 5.57 Å². The standard InChI is InChI=1S/C13H21ClO2/c1-2-3-4-5-6-7-8-12-9-11(10-14)13(15)16-12/h9,12H,2-8,10H2,1H3/t12-/m1/s1. The van der Waals surface area contributed by atoms with Crippen LogP contribution >= 0.6 is 11.6 Å². The summed E-state index contributed by atoms with van der Waals surface area (Å²) < 4.78 is 5.18. The van der Waals surface area contributed by atoms with Crippen molar-refractivity contribution in [3.63, 3.8) is 0 Å². The van der Waals surface area contributed by atoms with Crippen molar-refractivity contribution in [2.24, 2.45) is 0 Å². The van der Waals surface area contributed by atoms with E-state index in [-0.39, 0.29) is 18.0 Å². The van der Waals surface area contributed by atoms with Gasteiger partial charge < -0.3 is 4.74 Å². The fourth-order valence-corrected chi connectivity index (χ4v) is 2.11. The lowest BCUT2D eigenvalue weighted by Gasteiger charge is -2.07. The smallest absolute Gasteiger partial charge is 0.335 e. The van der Waals surface area contributed by atoms with Gasteiger partial charge in [-0.25, -0.2) is 4.79 Å². The second kappa shape index (κ2) is 7.72. The number of alkyl halides is 1. The summed E-state index contributed by atoms with van der Waals surface area (Å²) in [6.45, 7) is 2.22. The Morgan fingerprint density at radius 1 is 1.25 bits per heavy atom. The Labute approximate surface area is 103 Å². The third-order valence-electron chi connectivity index (χ3n) is 2.89. The molecule has 0 amide bonds. The first-order valence-electron chi connectivity index (χ1n) is 6.25. The molecule has 1 atom stereocenters. The van der Waals surface area contributed by atoms with Crippen molar-refractivity contribution in [2.45, 2.75) is 58.0 Å². The summed E-state index contributed by atoms with van der Waals surface area (Å²) in [5.74, 6) is 0.0391. The summed E-state index contributed by atoms with van der Waals surface area (Å²) in [6, 6.07) is 0. The molecule has 0 aliphatic carbocycles. The van der Waals surface area contributed by atoms with Crippen LogP contribution in [0.1, 0.15) is 51.9 Å². The van der Waals surface area contributed by atoms with Crippen molar-refractivity contribution in [1.29, 1.82) is 0 Å². The highest BCUT2D eigenvalue weighted by molar-refractivity contribution is 6.22. The molecule has 0 unspecified atom stereocenters. The lowest BCUT2D eigenvalue weighted by Crippen LogP contribution is -2.08. The fourth-order valence-electron chi connectivity index (χ4n) is 1.91. The zero-order valence-corrected chi connectivity index (χ0v) is 10.8. The van der Waals surface area contributed by atoms with Crippen LogP contribution in [0.2, 0.25) is 0 Å². The number of unbranched alkanes of at least 4 members (excludes halogenated alkanes) is 5. The lowest BCUT2D eigenvalue weighted by molar-refractivity contribution is -0.139. The molecule has 0 aromatic carbocycles. The summed E-state index contributed by atoms with van der Waals surface area (Å²) in [5, 5.41) is 0. The van der Waals surface area contributed by atoms with Crippen LogP contribution < -0.4 is 0 Å². The zero-order valence-electron chi connectivity index (χ0n) is 10.0. The lowest BCUT2D eigenvalue weighted by atomic mass is 10.1. The largest absolute Gasteiger partial charge is 0.455 e. The van der Waals surface area contributed by atoms with Gasteiger partial charge in [0.15, 0.2) is 0 Å². The van der Waals surface area contributed by atoms with Gasteiger partial charge in [0, 0.05) is 0 Å². The maximum atomic E-state index is 11.2. The minimum Gasteiger partial charge on any atom is -0.455 e. The molecule has 1 rings (SSSR count). The number of ether oxygens (including phenoxy) is 1. The third kappa shape index (κ3) is 4.56. The van der Waals surface area contributed by atoms with Gasteiger partial charge in [-0.3, -0.25) is 0 Å². The van der Waals surface area contributed by atoms with Gasteiger partial charge in [0.1, 0.15) is 6.10 Å². The van der Waals surface area contributed by atoms with Crippen LogP contribution in [0.5, 0.6) is 0 Å². The minimum atomic E-state index is -0.231. The highest BCUT2D eigenvalue weighted by Crippen LogP contribution is 2.20. The molecule has 0 saturated carbocycles. The molecule has 1 aliphatic rings. The molecule has 92 valence electrons. The number of esters is 1. The number of hydrogen-bond acceptors (Lipinski definition) is 2. The number of carbonyl (C=O) groups is 1. The molecule has 0 aromatic rings. The Hall–Kier alpha value is -0.500. The molecule has 16 heavy (non-hydrogen) atoms. The summed E-state index contributed by atoms with van der Waals surface area (Å²) in [7, 11) is 0. The van der Waals surface area contributed by atoms with Gasteiger partial charge in [0.05, 0.1) is 11.5 Å². The highest BCUT2D eigenvalue weighted by Gasteiger charge is 2.23. The second-order valence-electron chi connectivity index (χ2n) is 4.33. The Morgan fingerprint density at radius 3 is 2.56 bits per heavy atom. The molecule has 0 bridgehead atoms. The van der Waals surface area contributed by atoms with Crippen LogP contribution in [-0.2, 0) is 9.53 Å². The van der Waals surface area contributed by atoms with Crippen LogP contribution in [0.15, 0.2) is 11.6 Å². The number of hydrogen-bond donors (Lipinski definition) is 0. The number of rotatable bonds is 8. The first-order valence-corrected chi connectivity index (χ1v) is 6.79. The van der Waals surface area contributed by atoms with E-state index < -0.39 is 0 Å². The van der Waals surface area contributed by atoms with Crippen molar-refractivity contribution in [3.05, 3.63) is 11.6 Å². The Balaban J connectivity index is 2.06. The quantitative estimate of drug-likeness (QED) is 0.369. The molecule has 1 aliphatic heterocycles. The Bertz CT molecular complexity index is 248. The van der Waals surface area contributed by atoms with E-state index in [0.717, 1.165) is 12.8 Å². The maximum absolute atomic E-state index is 11.2. The monoisotopic (exact) mass is 244 g/mol. The SMILES string of the molecule is CCCCCCCC[C@@H]1C=C(CCl)C(=O)O1. The summed E-state index contributed by atoms with van der Waals surface area (Å²) >= 11 is 5.62. The second-order valence-corrected chi connectivity index (χ2v) is 4.59. The summed E-state index contributed by atoms with van der Waals surface area (Å²) in [6.07, 6.45) is 10.4. The molecule has 0 aromatic heterocycles. The van der Waals surface area contributed by atoms with E-state index in [4.69, 9.17) is 16.3 Å². The molecule has 0 saturated heterocycles. The van der Waals surface area contributed by atoms with Crippen LogP contribution in [0.25, 0.3) is 0 Å². The molecule has 2 nitrogen and oxygen atoms in total. The molecule has 1 heterocycles. The first-order chi connectivity index (χ1) is 7.77. The van der Waals surface area contributed by atoms with E-state index >= 15 is 0 Å². The van der Waals surface area contributed by atoms with Crippen LogP contribution in [-0.4, -0.2) is 18.0 Å². The predicted molar refractivity (Wildman–Crippen MR) is 66.7 cm³/mol. The minimum absolute atomic E-state index is 0.0209. The number of cyclic esters (lactones) is 1. The molecule has 0 spiro atoms. The molecule has 0 fully saturated rings. The molecule has 3 heteroatoms. The number of carbonyl (C=O) groups excluding carboxylic acids is 1. The summed E-state index contributed by atoms with van der Waals surface area (Å²) in [4.78, 5) is 11.2. The number of halogens is 1. The fraction of sp³-hybridized carbons (Fsp3) is 0.769. The van der Waals surface area contributed by atoms with Crippen LogP contribution in [0.3, 0.4) is 0 Å². The van der Waals surface area contributed by atoms with E-state index in [1.807, 2.05) is 6.08 Å². The van der Waals surface area contributed by atoms with Crippen molar-refractivity contribution < 1.29 is 9.53 Å². The Morgan fingerprint density at radius 2 is 1.94 bits per heavy atom. The average Bonchev–Trinajstić information content (AvgIpc) is 2.64. The predicted octanol–water partition coefficient (Wildman–Crippen LogP) is 3.83. The van der Waals surface area contributed by atoms with Gasteiger partial charge in [-0.2, -0.15) is 0 Å². The van der Waals surface area contributed by atoms with Gasteiger partial charge in [0.25, 0.3) is 0 Å². The Kier molecular flexibility index (Phi) is 6.55. The molecule has 0 radical (unpaired) electrons. The van der Waals surface area contributed by atoms with Gasteiger partial charge in [-0.15, -0.1) is 11.6 Å². The van der Waals surface area contributed by atoms with E-state index in [1.54, 1.807) is 0 Å². The van der Waals surface area contributed by atoms with Gasteiger partial charge >= 0.3 is 5.97 Å². The molecular weight excluding hydrogens is 224 g/mol. The van der Waals surface area contributed by atoms with E-state index in [9.17, 15) is 4.79 Å². The normalized spacial score (nSPS) is 19.8. The van der Waals surface area contributed by atoms with Crippen molar-refractivity contribution in [3.8, 4) is 0 Å². The first kappa shape index (κ1) is 13.6. The van der Waals surface area contributed by atoms with Gasteiger partial charge in [-0.05, 0) is 18.9 Å². The zero-order chi connectivity index (χ0) is 11.8. The van der Waals surface area contributed by atoms with Gasteiger partial charge in [-0.1, -0.05) is 39.0 Å². The van der Waals surface area contributed by atoms with Crippen molar-refractivity contribution >= 4 is 17.6 Å². The average molecular weight is 245 g/mol. The van der Waals surface area contributed by atoms with E-state index in [1.165, 1.54) is 32.1 Å². The molecule has 0 N–H and O–H groups in total. The maximum Gasteiger partial charge on any atom is 0.335 e. The summed E-state index contributed by atoms with van der Waals surface area (Å²) in [5.41, 5.74) is 0.623. The van der Waals surface area contributed by atoms with Crippen LogP contribution in [0, 0.1) is 0 Å². The van der Waals surface area contributed by atoms with Crippen molar-refractivity contribution in [2.75, 3.05) is 5.88 Å². The highest BCUT2D eigenvalue weighted by atomic mass is 35.5. The molecular formula is C13H21ClO2. The topological polar surface area (TPSA) is 26.3 Å². The third-order valence-corrected chi connectivity index (χ3v) is 3.18. The van der Waals surface area contributed by atoms with E-state index in [2.05, 4.69) is 6.92 Å². The van der Waals surface area contributed by atoms with Crippen LogP contribution in [0.4, 0.5) is 0 Å². The van der Waals surface area contributed by atoms with Crippen molar-refractivity contribution in [1.82, 2.24) is 0 Å². The van der Waals surface area contributed by atoms with Gasteiger partial charge in [0.2, 0.25) is 0 Å².